The minimum atomic E-state index is -0.643. The molecule has 2 aliphatic heterocycles. The fourth-order valence-corrected chi connectivity index (χ4v) is 2.73. The number of carbonyl (C=O) groups excluding carboxylic acids is 1. The van der Waals surface area contributed by atoms with Gasteiger partial charge in [-0.1, -0.05) is 12.1 Å². The maximum Gasteiger partial charge on any atom is 0.267 e. The molecule has 0 bridgehead atoms. The van der Waals surface area contributed by atoms with Gasteiger partial charge in [0.2, 0.25) is 6.10 Å². The van der Waals surface area contributed by atoms with Crippen molar-refractivity contribution >= 4 is 5.91 Å². The van der Waals surface area contributed by atoms with Crippen molar-refractivity contribution < 1.29 is 19.4 Å². The molecule has 2 heterocycles. The Balaban J connectivity index is 1.75. The highest BCUT2D eigenvalue weighted by molar-refractivity contribution is 5.82. The Morgan fingerprint density at radius 1 is 1.30 bits per heavy atom. The molecular weight excluding hydrogens is 258 g/mol. The summed E-state index contributed by atoms with van der Waals surface area (Å²) in [5.74, 6) is 1.16. The van der Waals surface area contributed by atoms with Gasteiger partial charge in [-0.3, -0.25) is 4.79 Å². The number of para-hydroxylation sites is 2. The first-order chi connectivity index (χ1) is 9.65. The topological polar surface area (TPSA) is 59.0 Å². The lowest BCUT2D eigenvalue weighted by atomic mass is 10.1. The molecule has 1 aromatic carbocycles. The van der Waals surface area contributed by atoms with Gasteiger partial charge < -0.3 is 19.5 Å². The Morgan fingerprint density at radius 3 is 2.70 bits per heavy atom. The first-order valence-electron chi connectivity index (χ1n) is 7.04. The van der Waals surface area contributed by atoms with Crippen molar-refractivity contribution in [2.24, 2.45) is 0 Å². The summed E-state index contributed by atoms with van der Waals surface area (Å²) < 4.78 is 11.5. The Morgan fingerprint density at radius 2 is 2.00 bits per heavy atom. The third-order valence-corrected chi connectivity index (χ3v) is 3.79. The van der Waals surface area contributed by atoms with E-state index in [-0.39, 0.29) is 12.0 Å². The van der Waals surface area contributed by atoms with E-state index in [1.165, 1.54) is 0 Å². The second-order valence-corrected chi connectivity index (χ2v) is 5.39. The van der Waals surface area contributed by atoms with E-state index in [1.54, 1.807) is 11.0 Å². The Hall–Kier alpha value is -1.75. The second kappa shape index (κ2) is 5.32. The number of aliphatic hydroxyl groups excluding tert-OH is 1. The first kappa shape index (κ1) is 13.2. The molecule has 20 heavy (non-hydrogen) atoms. The number of hydrogen-bond acceptors (Lipinski definition) is 4. The van der Waals surface area contributed by atoms with Crippen LogP contribution < -0.4 is 9.47 Å². The molecule has 0 aliphatic carbocycles. The maximum atomic E-state index is 12.5. The number of hydrogen-bond donors (Lipinski definition) is 1. The number of rotatable bonds is 1. The lowest BCUT2D eigenvalue weighted by Gasteiger charge is -2.37. The summed E-state index contributed by atoms with van der Waals surface area (Å²) in [6.45, 7) is 2.88. The average Bonchev–Trinajstić information content (AvgIpc) is 2.46. The number of amides is 1. The lowest BCUT2D eigenvalue weighted by Crippen LogP contribution is -2.53. The summed E-state index contributed by atoms with van der Waals surface area (Å²) in [5, 5.41) is 9.68. The van der Waals surface area contributed by atoms with Crippen molar-refractivity contribution in [3.8, 4) is 11.5 Å². The quantitative estimate of drug-likeness (QED) is 0.838. The highest BCUT2D eigenvalue weighted by Crippen LogP contribution is 2.34. The van der Waals surface area contributed by atoms with E-state index in [4.69, 9.17) is 9.47 Å². The standard InChI is InChI=1S/C15H19NO4/c1-10-14(15(18)16-8-4-5-11(17)9-16)20-13-7-3-2-6-12(13)19-10/h2-3,6-7,10-11,14,17H,4-5,8-9H2,1H3. The molecule has 0 spiro atoms. The van der Waals surface area contributed by atoms with Crippen LogP contribution in [0.15, 0.2) is 24.3 Å². The van der Waals surface area contributed by atoms with Gasteiger partial charge in [-0.05, 0) is 31.9 Å². The molecule has 0 saturated carbocycles. The van der Waals surface area contributed by atoms with Crippen LogP contribution in [0.5, 0.6) is 11.5 Å². The molecular formula is C15H19NO4. The van der Waals surface area contributed by atoms with E-state index in [2.05, 4.69) is 0 Å². The molecule has 3 atom stereocenters. The summed E-state index contributed by atoms with van der Waals surface area (Å²) in [5.41, 5.74) is 0. The van der Waals surface area contributed by atoms with E-state index in [0.717, 1.165) is 12.8 Å². The summed E-state index contributed by atoms with van der Waals surface area (Å²) >= 11 is 0. The number of carbonyl (C=O) groups is 1. The van der Waals surface area contributed by atoms with Crippen LogP contribution in [0.25, 0.3) is 0 Å². The highest BCUT2D eigenvalue weighted by Gasteiger charge is 2.37. The van der Waals surface area contributed by atoms with Crippen molar-refractivity contribution in [2.45, 2.75) is 38.1 Å². The summed E-state index contributed by atoms with van der Waals surface area (Å²) in [6, 6.07) is 7.35. The van der Waals surface area contributed by atoms with Crippen molar-refractivity contribution in [2.75, 3.05) is 13.1 Å². The molecule has 0 aromatic heterocycles. The minimum Gasteiger partial charge on any atom is -0.482 e. The number of ether oxygens (including phenoxy) is 2. The van der Waals surface area contributed by atoms with Gasteiger partial charge in [-0.15, -0.1) is 0 Å². The first-order valence-corrected chi connectivity index (χ1v) is 7.04. The van der Waals surface area contributed by atoms with E-state index < -0.39 is 12.2 Å². The largest absolute Gasteiger partial charge is 0.482 e. The molecule has 3 rings (SSSR count). The lowest BCUT2D eigenvalue weighted by molar-refractivity contribution is -0.147. The van der Waals surface area contributed by atoms with Crippen LogP contribution in [0.4, 0.5) is 0 Å². The van der Waals surface area contributed by atoms with E-state index >= 15 is 0 Å². The molecule has 2 aliphatic rings. The van der Waals surface area contributed by atoms with Crippen LogP contribution in [0.1, 0.15) is 19.8 Å². The van der Waals surface area contributed by atoms with Gasteiger partial charge in [0.25, 0.3) is 5.91 Å². The predicted molar refractivity (Wildman–Crippen MR) is 72.8 cm³/mol. The van der Waals surface area contributed by atoms with Crippen molar-refractivity contribution in [3.05, 3.63) is 24.3 Å². The number of β-amino-alcohol motifs (C(OH)–C–C–N with tert-alkyl or cyclic N) is 1. The smallest absolute Gasteiger partial charge is 0.267 e. The Labute approximate surface area is 118 Å². The summed E-state index contributed by atoms with van der Waals surface area (Å²) in [4.78, 5) is 14.2. The van der Waals surface area contributed by atoms with Gasteiger partial charge in [0.1, 0.15) is 6.10 Å². The number of nitrogens with zero attached hydrogens (tertiary/aromatic N) is 1. The maximum absolute atomic E-state index is 12.5. The van der Waals surface area contributed by atoms with Gasteiger partial charge in [-0.25, -0.2) is 0 Å². The van der Waals surface area contributed by atoms with Gasteiger partial charge in [0.15, 0.2) is 11.5 Å². The molecule has 5 nitrogen and oxygen atoms in total. The number of fused-ring (bicyclic) bond motifs is 1. The summed E-state index contributed by atoms with van der Waals surface area (Å²) in [6.07, 6.45) is 0.168. The molecule has 108 valence electrons. The fraction of sp³-hybridized carbons (Fsp3) is 0.533. The molecule has 0 radical (unpaired) electrons. The monoisotopic (exact) mass is 277 g/mol. The predicted octanol–water partition coefficient (Wildman–Crippen LogP) is 1.20. The molecule has 5 heteroatoms. The third kappa shape index (κ3) is 2.45. The van der Waals surface area contributed by atoms with Crippen molar-refractivity contribution in [1.82, 2.24) is 4.90 Å². The summed E-state index contributed by atoms with van der Waals surface area (Å²) in [7, 11) is 0. The third-order valence-electron chi connectivity index (χ3n) is 3.79. The van der Waals surface area contributed by atoms with Crippen LogP contribution in [0.2, 0.25) is 0 Å². The van der Waals surface area contributed by atoms with Crippen LogP contribution in [0.3, 0.4) is 0 Å². The van der Waals surface area contributed by atoms with Gasteiger partial charge >= 0.3 is 0 Å². The van der Waals surface area contributed by atoms with Crippen LogP contribution in [0, 0.1) is 0 Å². The molecule has 1 aromatic rings. The SMILES string of the molecule is CC1Oc2ccccc2OC1C(=O)N1CCCC(O)C1. The highest BCUT2D eigenvalue weighted by atomic mass is 16.6. The van der Waals surface area contributed by atoms with Crippen molar-refractivity contribution in [1.29, 1.82) is 0 Å². The van der Waals surface area contributed by atoms with Gasteiger partial charge in [0.05, 0.1) is 6.10 Å². The Bertz CT molecular complexity index is 504. The van der Waals surface area contributed by atoms with Gasteiger partial charge in [0, 0.05) is 13.1 Å². The fourth-order valence-electron chi connectivity index (χ4n) is 2.73. The Kier molecular flexibility index (Phi) is 3.53. The molecule has 3 unspecified atom stereocenters. The zero-order valence-electron chi connectivity index (χ0n) is 11.5. The van der Waals surface area contributed by atoms with E-state index in [1.807, 2.05) is 25.1 Å². The number of benzene rings is 1. The van der Waals surface area contributed by atoms with Crippen molar-refractivity contribution in [3.63, 3.8) is 0 Å². The molecule has 1 N–H and O–H groups in total. The zero-order chi connectivity index (χ0) is 14.1. The number of piperidine rings is 1. The average molecular weight is 277 g/mol. The minimum absolute atomic E-state index is 0.106. The van der Waals surface area contributed by atoms with E-state index in [9.17, 15) is 9.90 Å². The normalized spacial score (nSPS) is 29.1. The number of likely N-dealkylation sites (tertiary alicyclic amines) is 1. The number of aliphatic hydroxyl groups is 1. The van der Waals surface area contributed by atoms with Crippen LogP contribution >= 0.6 is 0 Å². The van der Waals surface area contributed by atoms with Crippen LogP contribution in [-0.2, 0) is 4.79 Å². The van der Waals surface area contributed by atoms with Crippen LogP contribution in [-0.4, -0.2) is 47.3 Å². The van der Waals surface area contributed by atoms with E-state index in [0.29, 0.717) is 24.6 Å². The van der Waals surface area contributed by atoms with Gasteiger partial charge in [-0.2, -0.15) is 0 Å². The molecule has 1 amide bonds. The molecule has 1 saturated heterocycles. The second-order valence-electron chi connectivity index (χ2n) is 5.39. The zero-order valence-corrected chi connectivity index (χ0v) is 11.5. The molecule has 1 fully saturated rings.